The van der Waals surface area contributed by atoms with E-state index >= 15 is 0 Å². The number of esters is 1. The lowest BCUT2D eigenvalue weighted by Crippen LogP contribution is -2.30. The highest BCUT2D eigenvalue weighted by molar-refractivity contribution is 6.24. The minimum Gasteiger partial charge on any atom is -0.502 e. The van der Waals surface area contributed by atoms with E-state index < -0.39 is 11.9 Å². The normalized spacial score (nSPS) is 24.8. The lowest BCUT2D eigenvalue weighted by Gasteiger charge is -2.31. The number of nitrogens with one attached hydrogen (secondary N) is 1. The van der Waals surface area contributed by atoms with Gasteiger partial charge in [0.25, 0.3) is 5.97 Å². The molecule has 6 aliphatic carbocycles. The summed E-state index contributed by atoms with van der Waals surface area (Å²) in [6.45, 7) is 35.4. The summed E-state index contributed by atoms with van der Waals surface area (Å²) >= 11 is 0. The van der Waals surface area contributed by atoms with Crippen LogP contribution in [0.5, 0.6) is 0 Å². The van der Waals surface area contributed by atoms with Crippen LogP contribution >= 0.6 is 0 Å². The van der Waals surface area contributed by atoms with Gasteiger partial charge in [-0.05, 0) is 247 Å². The third kappa shape index (κ3) is 39.9. The van der Waals surface area contributed by atoms with Crippen LogP contribution in [-0.2, 0) is 43.0 Å². The number of carbonyl (C=O) groups is 7. The number of Topliss-reactive ketones (excluding diaryl/α,β-unsaturated/α-hetero) is 2. The average Bonchev–Trinajstić information content (AvgIpc) is 1.20. The van der Waals surface area contributed by atoms with Crippen molar-refractivity contribution in [2.45, 2.75) is 274 Å². The van der Waals surface area contributed by atoms with E-state index in [1.54, 1.807) is 41.9 Å². The van der Waals surface area contributed by atoms with E-state index in [4.69, 9.17) is 14.6 Å². The average molecular weight is 1420 g/mol. The van der Waals surface area contributed by atoms with E-state index in [-0.39, 0.29) is 22.4 Å². The number of allylic oxidation sites excluding steroid dienone is 15. The van der Waals surface area contributed by atoms with Crippen molar-refractivity contribution >= 4 is 54.8 Å². The van der Waals surface area contributed by atoms with Gasteiger partial charge in [-0.3, -0.25) is 14.4 Å². The molecule has 0 bridgehead atoms. The number of methoxy groups -OCH3 is 2. The van der Waals surface area contributed by atoms with Crippen LogP contribution in [0.25, 0.3) is 0 Å². The Labute approximate surface area is 618 Å². The Morgan fingerprint density at radius 3 is 1.26 bits per heavy atom. The third-order valence-electron chi connectivity index (χ3n) is 21.5. The monoisotopic (exact) mass is 1410 g/mol. The van der Waals surface area contributed by atoms with Crippen molar-refractivity contribution in [2.75, 3.05) is 79.7 Å². The molecule has 0 radical (unpaired) electrons. The maximum absolute atomic E-state index is 11.3. The number of hydrogen-bond acceptors (Lipinski definition) is 12. The van der Waals surface area contributed by atoms with Crippen molar-refractivity contribution in [1.29, 1.82) is 0 Å². The second-order valence-electron chi connectivity index (χ2n) is 30.7. The van der Waals surface area contributed by atoms with Gasteiger partial charge in [-0.1, -0.05) is 94.2 Å². The Morgan fingerprint density at radius 2 is 0.961 bits per heavy atom. The van der Waals surface area contributed by atoms with Gasteiger partial charge < -0.3 is 44.1 Å². The van der Waals surface area contributed by atoms with Crippen molar-refractivity contribution in [2.24, 2.45) is 22.2 Å². The zero-order chi connectivity index (χ0) is 75.0. The highest BCUT2D eigenvalue weighted by atomic mass is 16.5. The molecule has 0 aromatic carbocycles. The summed E-state index contributed by atoms with van der Waals surface area (Å²) in [4.78, 5) is 77.8. The molecule has 5 fully saturated rings. The Kier molecular flexibility index (Phi) is 45.3. The fourth-order valence-corrected chi connectivity index (χ4v) is 14.2. The van der Waals surface area contributed by atoms with Crippen LogP contribution in [-0.4, -0.2) is 159 Å². The van der Waals surface area contributed by atoms with E-state index in [1.165, 1.54) is 205 Å². The predicted octanol–water partition coefficient (Wildman–Crippen LogP) is 18.1. The first-order valence-electron chi connectivity index (χ1n) is 39.1. The van der Waals surface area contributed by atoms with Gasteiger partial charge in [0.15, 0.2) is 12.1 Å². The summed E-state index contributed by atoms with van der Waals surface area (Å²) in [5.74, 6) is -0.0813. The maximum Gasteiger partial charge on any atom is 0.329 e. The fraction of sp³-hybridized carbons (Fsp3) is 0.667. The highest BCUT2D eigenvalue weighted by Gasteiger charge is 2.36. The van der Waals surface area contributed by atoms with E-state index in [0.717, 1.165) is 121 Å². The maximum atomic E-state index is 11.3. The minimum atomic E-state index is -0.833. The Hall–Kier alpha value is -6.61. The van der Waals surface area contributed by atoms with E-state index in [0.29, 0.717) is 30.5 Å². The van der Waals surface area contributed by atoms with Crippen molar-refractivity contribution in [1.82, 2.24) is 15.1 Å². The molecule has 0 aromatic rings. The molecule has 4 unspecified atom stereocenters. The van der Waals surface area contributed by atoms with Crippen LogP contribution in [0.2, 0.25) is 0 Å². The smallest absolute Gasteiger partial charge is 0.329 e. The molecule has 5 saturated heterocycles. The van der Waals surface area contributed by atoms with Gasteiger partial charge in [0.1, 0.15) is 57.0 Å². The predicted molar refractivity (Wildman–Crippen MR) is 420 cm³/mol. The Morgan fingerprint density at radius 1 is 0.549 bits per heavy atom. The first-order chi connectivity index (χ1) is 48.9. The Bertz CT molecular complexity index is 2880. The number of nitrogens with zero attached hydrogens (tertiary/aromatic N) is 4. The number of ether oxygens (including phenoxy) is 2. The van der Waals surface area contributed by atoms with E-state index in [9.17, 15) is 28.8 Å². The summed E-state index contributed by atoms with van der Waals surface area (Å²) in [5, 5.41) is 10.6. The van der Waals surface area contributed by atoms with Gasteiger partial charge in [-0.25, -0.2) is 13.9 Å². The highest BCUT2D eigenvalue weighted by Crippen LogP contribution is 2.41. The van der Waals surface area contributed by atoms with Crippen molar-refractivity contribution in [3.63, 3.8) is 0 Å². The van der Waals surface area contributed by atoms with Crippen LogP contribution in [0.4, 0.5) is 0 Å². The number of ketones is 2. The molecule has 102 heavy (non-hydrogen) atoms. The first kappa shape index (κ1) is 89.6. The zero-order valence-corrected chi connectivity index (χ0v) is 65.6. The number of aldehydes is 3. The lowest BCUT2D eigenvalue weighted by atomic mass is 9.72. The molecule has 11 rings (SSSR count). The molecule has 5 aliphatic heterocycles. The number of aliphatic carboxylic acids is 1. The van der Waals surface area contributed by atoms with Crippen LogP contribution in [0, 0.1) is 22.2 Å². The van der Waals surface area contributed by atoms with Gasteiger partial charge in [0.2, 0.25) is 0 Å². The van der Waals surface area contributed by atoms with E-state index in [2.05, 4.69) is 145 Å². The SMILES string of the molecule is C1CCNC1.C=C(CCC1(C=[N+]2CCCC2)CC=C(C)CC1)OC.C=CC(=O)OC.CC(=O)CCC1(C=O)CC=C(C)CC1.CC(=O)O.CC1=CC/C(=C\N2CCCC2)CC1.CC1=CC/C(=C\N2CCCC2)CC1.CC1=CCC(C=O)CC1.CC1=CCC(C=[N+]2CCCC2)(CCC(=O)C=O)CC1. The molecular weight excluding hydrogens is 1270 g/mol. The van der Waals surface area contributed by atoms with Gasteiger partial charge in [-0.15, -0.1) is 0 Å². The molecule has 0 amide bonds. The molecule has 4 atom stereocenters. The first-order valence-corrected chi connectivity index (χ1v) is 39.1. The molecule has 0 spiro atoms. The standard InChI is InChI=1S/C17H28NO.C16H24NO2.2C12H19N.C12H18O2.C8H12O.C4H9N.C4H6O2.C2H4O2/c1-15-6-9-17(10-7-15,11-8-16(2)19-3)14-18-12-4-5-13-18;1-14-4-7-16(8-5-14,9-6-15(19)12-18)13-17-10-2-3-11-17;2*1-11-4-6-12(7-5-11)10-13-8-2-3-9-13;1-10-3-6-12(9-13,7-4-10)8-5-11(2)14;1-7-2-4-8(6-9)5-3-7;1-2-4-5-3-1;1-3-4(5)6-2;1-2(3)4/h6,14H,2,4-5,7-13H2,1,3H3;4,12-13H,2-3,5-11H2,1H3;2*4,10H,2-3,5-9H2,1H3;3,9H,4-8H2,1-2H3;2,6,8H,3-5H2,1H3;5H,1-4H2;3H,1H2,2H3;1H3,(H,3,4)/q2*+1;;;;;;;/b;;2*12-10+;;;;;. The quantitative estimate of drug-likeness (QED) is 0.0252. The molecule has 570 valence electrons. The number of likely N-dealkylation sites (tertiary alicyclic amines) is 2. The second-order valence-corrected chi connectivity index (χ2v) is 30.7. The minimum absolute atomic E-state index is 0.0997. The van der Waals surface area contributed by atoms with Gasteiger partial charge in [-0.2, -0.15) is 0 Å². The van der Waals surface area contributed by atoms with Crippen molar-refractivity contribution < 1.29 is 57.3 Å². The molecule has 0 aromatic heterocycles. The van der Waals surface area contributed by atoms with Crippen LogP contribution in [0.3, 0.4) is 0 Å². The van der Waals surface area contributed by atoms with Gasteiger partial charge in [0.05, 0.1) is 30.8 Å². The molecule has 0 saturated carbocycles. The molecule has 5 heterocycles. The zero-order valence-electron chi connectivity index (χ0n) is 65.6. The molecular formula is C87H139N5O10+2. The summed E-state index contributed by atoms with van der Waals surface area (Å²) in [7, 11) is 3.04. The molecule has 2 N–H and O–H groups in total. The van der Waals surface area contributed by atoms with Gasteiger partial charge >= 0.3 is 5.97 Å². The summed E-state index contributed by atoms with van der Waals surface area (Å²) in [6, 6.07) is 0. The molecule has 15 heteroatoms. The fourth-order valence-electron chi connectivity index (χ4n) is 14.2. The summed E-state index contributed by atoms with van der Waals surface area (Å²) < 4.78 is 14.3. The van der Waals surface area contributed by atoms with Crippen LogP contribution < -0.4 is 5.32 Å². The number of hydrogen-bond donors (Lipinski definition) is 2. The van der Waals surface area contributed by atoms with Crippen LogP contribution in [0.1, 0.15) is 274 Å². The van der Waals surface area contributed by atoms with E-state index in [1.807, 2.05) is 0 Å². The lowest BCUT2D eigenvalue weighted by molar-refractivity contribution is -0.505. The van der Waals surface area contributed by atoms with Gasteiger partial charge in [0, 0.05) is 95.5 Å². The third-order valence-corrected chi connectivity index (χ3v) is 21.5. The topological polar surface area (TPSA) is 183 Å². The largest absolute Gasteiger partial charge is 0.502 e. The molecule has 11 aliphatic rings. The number of carboxylic acids is 1. The summed E-state index contributed by atoms with van der Waals surface area (Å²) in [5.41, 5.74) is 12.4. The van der Waals surface area contributed by atoms with Crippen molar-refractivity contribution in [3.8, 4) is 0 Å². The number of carboxylic acid groups (broad SMARTS) is 1. The van der Waals surface area contributed by atoms with Crippen molar-refractivity contribution in [3.05, 3.63) is 118 Å². The Balaban J connectivity index is 0.000000309. The second kappa shape index (κ2) is 51.5. The number of carbonyl (C=O) groups excluding carboxylic acids is 6. The van der Waals surface area contributed by atoms with Crippen LogP contribution in [0.15, 0.2) is 118 Å². The number of rotatable bonds is 18. The molecule has 15 nitrogen and oxygen atoms in total. The summed E-state index contributed by atoms with van der Waals surface area (Å²) in [6.07, 6.45) is 65.8.